The Labute approximate surface area is 151 Å². The molecule has 2 fully saturated rings. The second-order valence-corrected chi connectivity index (χ2v) is 6.74. The summed E-state index contributed by atoms with van der Waals surface area (Å²) >= 11 is 1.35. The second-order valence-electron chi connectivity index (χ2n) is 5.73. The highest BCUT2D eigenvalue weighted by Crippen LogP contribution is 2.33. The molecule has 3 rings (SSSR count). The molecule has 7 heteroatoms. The van der Waals surface area contributed by atoms with Crippen molar-refractivity contribution in [1.82, 2.24) is 4.90 Å². The molecule has 0 unspecified atom stereocenters. The molecule has 0 radical (unpaired) electrons. The fourth-order valence-corrected chi connectivity index (χ4v) is 3.97. The third kappa shape index (κ3) is 3.88. The van der Waals surface area contributed by atoms with E-state index in [0.717, 1.165) is 0 Å². The van der Waals surface area contributed by atoms with Crippen LogP contribution in [0.25, 0.3) is 6.08 Å². The average molecular weight is 363 g/mol. The number of benzene rings is 1. The highest BCUT2D eigenvalue weighted by Gasteiger charge is 2.31. The van der Waals surface area contributed by atoms with E-state index in [1.165, 1.54) is 17.8 Å². The van der Waals surface area contributed by atoms with Crippen LogP contribution in [0.3, 0.4) is 0 Å². The van der Waals surface area contributed by atoms with Crippen molar-refractivity contribution < 1.29 is 13.9 Å². The van der Waals surface area contributed by atoms with Gasteiger partial charge in [0.1, 0.15) is 5.82 Å². The van der Waals surface area contributed by atoms with E-state index in [1.807, 2.05) is 24.8 Å². The van der Waals surface area contributed by atoms with Crippen molar-refractivity contribution in [2.75, 3.05) is 44.3 Å². The van der Waals surface area contributed by atoms with Crippen LogP contribution in [-0.4, -0.2) is 55.4 Å². The van der Waals surface area contributed by atoms with Gasteiger partial charge in [0.05, 0.1) is 23.8 Å². The van der Waals surface area contributed by atoms with Gasteiger partial charge in [0.25, 0.3) is 5.91 Å². The molecule has 0 bridgehead atoms. The number of nitrogens with zero attached hydrogens (tertiary/aromatic N) is 3. The van der Waals surface area contributed by atoms with Gasteiger partial charge in [0.15, 0.2) is 5.17 Å². The van der Waals surface area contributed by atoms with Crippen molar-refractivity contribution in [1.29, 1.82) is 0 Å². The van der Waals surface area contributed by atoms with Crippen LogP contribution in [0.5, 0.6) is 0 Å². The summed E-state index contributed by atoms with van der Waals surface area (Å²) in [4.78, 5) is 21.0. The van der Waals surface area contributed by atoms with Gasteiger partial charge in [-0.05, 0) is 49.4 Å². The maximum absolute atomic E-state index is 14.5. The van der Waals surface area contributed by atoms with Gasteiger partial charge in [-0.2, -0.15) is 0 Å². The summed E-state index contributed by atoms with van der Waals surface area (Å²) < 4.78 is 19.8. The molecule has 2 heterocycles. The smallest absolute Gasteiger partial charge is 0.266 e. The van der Waals surface area contributed by atoms with Crippen molar-refractivity contribution in [3.63, 3.8) is 0 Å². The molecular formula is C18H22FN3O2S. The van der Waals surface area contributed by atoms with Crippen molar-refractivity contribution in [2.45, 2.75) is 13.8 Å². The number of amides is 1. The molecule has 2 aliphatic heterocycles. The number of likely N-dealkylation sites (N-methyl/N-ethyl adjacent to an activating group) is 1. The van der Waals surface area contributed by atoms with Crippen LogP contribution < -0.4 is 4.90 Å². The van der Waals surface area contributed by atoms with Crippen LogP contribution in [0.15, 0.2) is 28.1 Å². The number of carbonyl (C=O) groups excluding carboxylic acids is 1. The summed E-state index contributed by atoms with van der Waals surface area (Å²) in [5, 5.41) is 0.714. The molecule has 1 aromatic rings. The zero-order valence-electron chi connectivity index (χ0n) is 14.5. The van der Waals surface area contributed by atoms with E-state index in [2.05, 4.69) is 4.99 Å². The predicted molar refractivity (Wildman–Crippen MR) is 100 cm³/mol. The molecule has 1 amide bonds. The van der Waals surface area contributed by atoms with Crippen LogP contribution in [0.1, 0.15) is 19.4 Å². The Morgan fingerprint density at radius 2 is 2.08 bits per heavy atom. The van der Waals surface area contributed by atoms with Gasteiger partial charge in [-0.15, -0.1) is 0 Å². The number of ether oxygens (including phenoxy) is 1. The molecule has 0 spiro atoms. The predicted octanol–water partition coefficient (Wildman–Crippen LogP) is 2.97. The third-order valence-electron chi connectivity index (χ3n) is 4.12. The summed E-state index contributed by atoms with van der Waals surface area (Å²) in [5.41, 5.74) is 1.26. The Hall–Kier alpha value is -1.86. The number of amidine groups is 1. The number of carbonyl (C=O) groups is 1. The molecular weight excluding hydrogens is 341 g/mol. The minimum Gasteiger partial charge on any atom is -0.378 e. The quantitative estimate of drug-likeness (QED) is 0.772. The maximum atomic E-state index is 14.5. The monoisotopic (exact) mass is 363 g/mol. The molecule has 0 saturated carbocycles. The third-order valence-corrected chi connectivity index (χ3v) is 5.16. The lowest BCUT2D eigenvalue weighted by atomic mass is 10.1. The lowest BCUT2D eigenvalue weighted by Gasteiger charge is -2.29. The zero-order chi connectivity index (χ0) is 17.8. The summed E-state index contributed by atoms with van der Waals surface area (Å²) in [6.45, 7) is 7.67. The minimum absolute atomic E-state index is 0.0719. The van der Waals surface area contributed by atoms with Gasteiger partial charge in [-0.3, -0.25) is 14.7 Å². The van der Waals surface area contributed by atoms with Gasteiger partial charge >= 0.3 is 0 Å². The molecule has 2 aliphatic rings. The first-order valence-electron chi connectivity index (χ1n) is 8.52. The van der Waals surface area contributed by atoms with Crippen molar-refractivity contribution in [3.05, 3.63) is 34.5 Å². The van der Waals surface area contributed by atoms with Crippen LogP contribution in [0, 0.1) is 5.82 Å². The number of thioether (sulfide) groups is 1. The zero-order valence-corrected chi connectivity index (χ0v) is 15.3. The average Bonchev–Trinajstić information content (AvgIpc) is 2.91. The lowest BCUT2D eigenvalue weighted by molar-refractivity contribution is -0.122. The molecule has 0 N–H and O–H groups in total. The standard InChI is InChI=1S/C18H22FN3O2S/c1-3-20-18-22(4-2)17(23)16(25-18)12-13-5-6-15(14(19)11-13)21-7-9-24-10-8-21/h5-6,11-12H,3-4,7-10H2,1-2H3/b16-12-,20-18?. The Morgan fingerprint density at radius 3 is 2.72 bits per heavy atom. The van der Waals surface area contributed by atoms with E-state index in [9.17, 15) is 9.18 Å². The van der Waals surface area contributed by atoms with Crippen molar-refractivity contribution in [2.24, 2.45) is 4.99 Å². The molecule has 25 heavy (non-hydrogen) atoms. The SMILES string of the molecule is CCN=C1S/C(=C\c2ccc(N3CCOCC3)c(F)c2)C(=O)N1CC. The summed E-state index contributed by atoms with van der Waals surface area (Å²) in [6.07, 6.45) is 1.74. The Morgan fingerprint density at radius 1 is 1.32 bits per heavy atom. The Bertz CT molecular complexity index is 714. The van der Waals surface area contributed by atoms with Gasteiger partial charge in [0.2, 0.25) is 0 Å². The van der Waals surface area contributed by atoms with Crippen LogP contribution in [0.2, 0.25) is 0 Å². The van der Waals surface area contributed by atoms with Gasteiger partial charge < -0.3 is 9.64 Å². The van der Waals surface area contributed by atoms with Crippen molar-refractivity contribution in [3.8, 4) is 0 Å². The Balaban J connectivity index is 1.83. The molecule has 0 atom stereocenters. The number of aliphatic imine (C=N–C) groups is 1. The van der Waals surface area contributed by atoms with Crippen LogP contribution in [-0.2, 0) is 9.53 Å². The molecule has 1 aromatic carbocycles. The van der Waals surface area contributed by atoms with Crippen molar-refractivity contribution >= 4 is 34.6 Å². The normalized spacial score (nSPS) is 21.6. The van der Waals surface area contributed by atoms with E-state index in [-0.39, 0.29) is 11.7 Å². The molecule has 0 aromatic heterocycles. The molecule has 0 aliphatic carbocycles. The Kier molecular flexibility index (Phi) is 5.75. The number of anilines is 1. The first kappa shape index (κ1) is 17.9. The number of halogens is 1. The highest BCUT2D eigenvalue weighted by molar-refractivity contribution is 8.18. The first-order chi connectivity index (χ1) is 12.1. The fourth-order valence-electron chi connectivity index (χ4n) is 2.86. The lowest BCUT2D eigenvalue weighted by Crippen LogP contribution is -2.36. The topological polar surface area (TPSA) is 45.1 Å². The summed E-state index contributed by atoms with van der Waals surface area (Å²) in [5.74, 6) is -0.348. The number of hydrogen-bond acceptors (Lipinski definition) is 5. The number of rotatable bonds is 4. The summed E-state index contributed by atoms with van der Waals surface area (Å²) in [6, 6.07) is 5.10. The molecule has 2 saturated heterocycles. The van der Waals surface area contributed by atoms with E-state index in [0.29, 0.717) is 60.7 Å². The van der Waals surface area contributed by atoms with E-state index < -0.39 is 0 Å². The fraction of sp³-hybridized carbons (Fsp3) is 0.444. The van der Waals surface area contributed by atoms with Crippen LogP contribution >= 0.6 is 11.8 Å². The number of morpholine rings is 1. The molecule has 5 nitrogen and oxygen atoms in total. The van der Waals surface area contributed by atoms with Crippen LogP contribution in [0.4, 0.5) is 10.1 Å². The molecule has 134 valence electrons. The first-order valence-corrected chi connectivity index (χ1v) is 9.33. The van der Waals surface area contributed by atoms with Gasteiger partial charge in [0, 0.05) is 26.2 Å². The second kappa shape index (κ2) is 8.01. The van der Waals surface area contributed by atoms with Gasteiger partial charge in [-0.1, -0.05) is 6.07 Å². The number of hydrogen-bond donors (Lipinski definition) is 0. The minimum atomic E-state index is -0.276. The largest absolute Gasteiger partial charge is 0.378 e. The summed E-state index contributed by atoms with van der Waals surface area (Å²) in [7, 11) is 0. The maximum Gasteiger partial charge on any atom is 0.266 e. The van der Waals surface area contributed by atoms with E-state index in [4.69, 9.17) is 4.74 Å². The highest BCUT2D eigenvalue weighted by atomic mass is 32.2. The van der Waals surface area contributed by atoms with E-state index in [1.54, 1.807) is 17.0 Å². The van der Waals surface area contributed by atoms with E-state index >= 15 is 0 Å². The van der Waals surface area contributed by atoms with Gasteiger partial charge in [-0.25, -0.2) is 4.39 Å².